The molecule has 0 aromatic heterocycles. The summed E-state index contributed by atoms with van der Waals surface area (Å²) in [5, 5.41) is 0. The van der Waals surface area contributed by atoms with Crippen molar-refractivity contribution < 1.29 is 0 Å². The quantitative estimate of drug-likeness (QED) is 0.227. The first-order chi connectivity index (χ1) is 8.41. The van der Waals surface area contributed by atoms with Gasteiger partial charge in [-0.05, 0) is 25.7 Å². The van der Waals surface area contributed by atoms with E-state index >= 15 is 0 Å². The van der Waals surface area contributed by atoms with E-state index < -0.39 is 0 Å². The second kappa shape index (κ2) is 15.2. The van der Waals surface area contributed by atoms with Crippen molar-refractivity contribution in [3.8, 4) is 0 Å². The Bertz CT molecular complexity index is 208. The minimum absolute atomic E-state index is 1.06. The summed E-state index contributed by atoms with van der Waals surface area (Å²) in [5.74, 6) is 0. The van der Waals surface area contributed by atoms with Gasteiger partial charge < -0.3 is 0 Å². The van der Waals surface area contributed by atoms with Gasteiger partial charge in [-0.15, -0.1) is 0 Å². The molecule has 0 spiro atoms. The molecule has 0 atom stereocenters. The lowest BCUT2D eigenvalue weighted by atomic mass is 10.1. The third-order valence-corrected chi connectivity index (χ3v) is 2.78. The summed E-state index contributed by atoms with van der Waals surface area (Å²) in [7, 11) is 0. The molecule has 0 fully saturated rings. The average molecular weight is 234 g/mol. The molecule has 0 aliphatic carbocycles. The zero-order valence-corrected chi connectivity index (χ0v) is 11.8. The molecule has 0 aliphatic rings. The third-order valence-electron chi connectivity index (χ3n) is 2.78. The van der Waals surface area contributed by atoms with E-state index in [1.165, 1.54) is 44.9 Å². The van der Waals surface area contributed by atoms with Gasteiger partial charge in [-0.2, -0.15) is 0 Å². The van der Waals surface area contributed by atoms with Crippen molar-refractivity contribution >= 4 is 0 Å². The van der Waals surface area contributed by atoms with Crippen molar-refractivity contribution in [2.45, 2.75) is 71.6 Å². The van der Waals surface area contributed by atoms with Crippen molar-refractivity contribution in [1.29, 1.82) is 0 Å². The molecule has 0 amide bonds. The van der Waals surface area contributed by atoms with E-state index in [2.05, 4.69) is 50.3 Å². The van der Waals surface area contributed by atoms with E-state index in [1.54, 1.807) is 0 Å². The van der Waals surface area contributed by atoms with Crippen LogP contribution in [0.3, 0.4) is 0 Å². The van der Waals surface area contributed by atoms with Crippen LogP contribution in [0, 0.1) is 0 Å². The van der Waals surface area contributed by atoms with Gasteiger partial charge in [0.25, 0.3) is 0 Å². The maximum absolute atomic E-state index is 2.29. The fourth-order valence-electron chi connectivity index (χ4n) is 1.72. The highest BCUT2D eigenvalue weighted by Crippen LogP contribution is 2.07. The van der Waals surface area contributed by atoms with Gasteiger partial charge in [-0.3, -0.25) is 0 Å². The van der Waals surface area contributed by atoms with Crippen LogP contribution in [0.15, 0.2) is 36.5 Å². The van der Waals surface area contributed by atoms with Crippen LogP contribution >= 0.6 is 0 Å². The Morgan fingerprint density at radius 1 is 0.647 bits per heavy atom. The van der Waals surface area contributed by atoms with E-state index in [9.17, 15) is 0 Å². The summed E-state index contributed by atoms with van der Waals surface area (Å²) in [6.07, 6.45) is 25.1. The topological polar surface area (TPSA) is 0 Å². The molecule has 0 bridgehead atoms. The first kappa shape index (κ1) is 16.2. The standard InChI is InChI=1S/C17H30/c1-3-5-7-9-11-13-15-17-16-14-12-10-8-6-4-2/h5,7,11,13,15,17H,3-4,6,8-10,12,14,16H2,1-2H3/b7-5+,13-11+,17-15+. The van der Waals surface area contributed by atoms with Crippen LogP contribution in [0.25, 0.3) is 0 Å². The lowest BCUT2D eigenvalue weighted by Gasteiger charge is -1.97. The van der Waals surface area contributed by atoms with Gasteiger partial charge in [-0.1, -0.05) is 82.4 Å². The molecular weight excluding hydrogens is 204 g/mol. The fourth-order valence-corrected chi connectivity index (χ4v) is 1.72. The van der Waals surface area contributed by atoms with E-state index in [-0.39, 0.29) is 0 Å². The molecule has 0 heteroatoms. The Balaban J connectivity index is 3.21. The van der Waals surface area contributed by atoms with Gasteiger partial charge in [0.15, 0.2) is 0 Å². The predicted octanol–water partition coefficient (Wildman–Crippen LogP) is 6.21. The maximum atomic E-state index is 2.29. The Hall–Kier alpha value is -0.780. The van der Waals surface area contributed by atoms with Gasteiger partial charge >= 0.3 is 0 Å². The highest BCUT2D eigenvalue weighted by molar-refractivity contribution is 5.04. The van der Waals surface area contributed by atoms with Crippen LogP contribution in [0.5, 0.6) is 0 Å². The molecular formula is C17H30. The van der Waals surface area contributed by atoms with Crippen molar-refractivity contribution in [2.24, 2.45) is 0 Å². The number of unbranched alkanes of at least 4 members (excludes halogenated alkanes) is 6. The van der Waals surface area contributed by atoms with Crippen LogP contribution in [0.1, 0.15) is 71.6 Å². The lowest BCUT2D eigenvalue weighted by Crippen LogP contribution is -1.77. The fraction of sp³-hybridized carbons (Fsp3) is 0.647. The van der Waals surface area contributed by atoms with Crippen LogP contribution in [-0.4, -0.2) is 0 Å². The molecule has 0 N–H and O–H groups in total. The first-order valence-corrected chi connectivity index (χ1v) is 7.38. The minimum Gasteiger partial charge on any atom is -0.0885 e. The smallest absolute Gasteiger partial charge is 0.0166 e. The Labute approximate surface area is 109 Å². The molecule has 0 nitrogen and oxygen atoms in total. The Kier molecular flexibility index (Phi) is 14.5. The maximum Gasteiger partial charge on any atom is -0.0166 e. The van der Waals surface area contributed by atoms with E-state index in [0.29, 0.717) is 0 Å². The monoisotopic (exact) mass is 234 g/mol. The second-order valence-corrected chi connectivity index (χ2v) is 4.53. The van der Waals surface area contributed by atoms with Crippen LogP contribution in [-0.2, 0) is 0 Å². The summed E-state index contributed by atoms with van der Waals surface area (Å²) in [6, 6.07) is 0. The number of hydrogen-bond acceptors (Lipinski definition) is 0. The summed E-state index contributed by atoms with van der Waals surface area (Å²) >= 11 is 0. The van der Waals surface area contributed by atoms with Crippen molar-refractivity contribution in [3.63, 3.8) is 0 Å². The molecule has 0 radical (unpaired) electrons. The van der Waals surface area contributed by atoms with E-state index in [4.69, 9.17) is 0 Å². The van der Waals surface area contributed by atoms with Crippen molar-refractivity contribution in [1.82, 2.24) is 0 Å². The Morgan fingerprint density at radius 3 is 2.12 bits per heavy atom. The molecule has 0 heterocycles. The zero-order valence-electron chi connectivity index (χ0n) is 11.8. The highest BCUT2D eigenvalue weighted by atomic mass is 13.9. The summed E-state index contributed by atoms with van der Waals surface area (Å²) in [4.78, 5) is 0. The van der Waals surface area contributed by atoms with Gasteiger partial charge in [0.1, 0.15) is 0 Å². The van der Waals surface area contributed by atoms with Gasteiger partial charge in [0.05, 0.1) is 0 Å². The minimum atomic E-state index is 1.06. The zero-order chi connectivity index (χ0) is 12.6. The van der Waals surface area contributed by atoms with E-state index in [1.807, 2.05) is 0 Å². The molecule has 0 unspecified atom stereocenters. The van der Waals surface area contributed by atoms with E-state index in [0.717, 1.165) is 12.8 Å². The first-order valence-electron chi connectivity index (χ1n) is 7.38. The predicted molar refractivity (Wildman–Crippen MR) is 80.3 cm³/mol. The number of allylic oxidation sites excluding steroid dienone is 6. The normalized spacial score (nSPS) is 12.4. The molecule has 0 saturated heterocycles. The van der Waals surface area contributed by atoms with Crippen LogP contribution in [0.4, 0.5) is 0 Å². The van der Waals surface area contributed by atoms with Crippen LogP contribution < -0.4 is 0 Å². The molecule has 0 rings (SSSR count). The second-order valence-electron chi connectivity index (χ2n) is 4.53. The number of rotatable bonds is 11. The molecule has 0 saturated carbocycles. The molecule has 0 aromatic rings. The lowest BCUT2D eigenvalue weighted by molar-refractivity contribution is 0.611. The largest absolute Gasteiger partial charge is 0.0885 e. The van der Waals surface area contributed by atoms with Crippen LogP contribution in [0.2, 0.25) is 0 Å². The molecule has 98 valence electrons. The molecule has 0 aromatic carbocycles. The molecule has 17 heavy (non-hydrogen) atoms. The van der Waals surface area contributed by atoms with Crippen molar-refractivity contribution in [3.05, 3.63) is 36.5 Å². The van der Waals surface area contributed by atoms with Gasteiger partial charge in [0.2, 0.25) is 0 Å². The average Bonchev–Trinajstić information content (AvgIpc) is 2.35. The number of hydrogen-bond donors (Lipinski definition) is 0. The highest BCUT2D eigenvalue weighted by Gasteiger charge is 1.87. The summed E-state index contributed by atoms with van der Waals surface area (Å²) in [6.45, 7) is 4.44. The molecule has 0 aliphatic heterocycles. The van der Waals surface area contributed by atoms with Gasteiger partial charge in [-0.25, -0.2) is 0 Å². The SMILES string of the molecule is CC/C=C/C/C=C/C=C/CCCCCCCC. The third kappa shape index (κ3) is 15.2. The van der Waals surface area contributed by atoms with Gasteiger partial charge in [0, 0.05) is 0 Å². The Morgan fingerprint density at radius 2 is 1.35 bits per heavy atom. The summed E-state index contributed by atoms with van der Waals surface area (Å²) in [5.41, 5.74) is 0. The summed E-state index contributed by atoms with van der Waals surface area (Å²) < 4.78 is 0. The van der Waals surface area contributed by atoms with Crippen molar-refractivity contribution in [2.75, 3.05) is 0 Å².